The molecule has 0 bridgehead atoms. The second-order valence-electron chi connectivity index (χ2n) is 7.52. The van der Waals surface area contributed by atoms with Gasteiger partial charge >= 0.3 is 0 Å². The third-order valence-electron chi connectivity index (χ3n) is 5.64. The summed E-state index contributed by atoms with van der Waals surface area (Å²) in [5.74, 6) is -1.32. The summed E-state index contributed by atoms with van der Waals surface area (Å²) >= 11 is 0. The average Bonchev–Trinajstić information content (AvgIpc) is 2.81. The molecule has 1 aliphatic heterocycles. The molecule has 1 fully saturated rings. The maximum absolute atomic E-state index is 14.4. The number of sulfonamides is 1. The van der Waals surface area contributed by atoms with Crippen molar-refractivity contribution in [2.45, 2.75) is 24.8 Å². The molecule has 3 rings (SSSR count). The highest BCUT2D eigenvalue weighted by Gasteiger charge is 2.27. The summed E-state index contributed by atoms with van der Waals surface area (Å²) in [6, 6.07) is 13.3. The van der Waals surface area contributed by atoms with Crippen LogP contribution in [0.25, 0.3) is 0 Å². The number of hydrogen-bond acceptors (Lipinski definition) is 5. The molecule has 1 heterocycles. The molecular weight excluding hydrogens is 433 g/mol. The number of nitrogens with zero attached hydrogens (tertiary/aromatic N) is 2. The van der Waals surface area contributed by atoms with Crippen molar-refractivity contribution in [3.8, 4) is 0 Å². The smallest absolute Gasteiger partial charge is 0.251 e. The first-order chi connectivity index (χ1) is 15.4. The third kappa shape index (κ3) is 5.53. The number of rotatable bonds is 9. The first kappa shape index (κ1) is 24.3. The van der Waals surface area contributed by atoms with Crippen LogP contribution in [0.4, 0.5) is 4.39 Å². The van der Waals surface area contributed by atoms with Gasteiger partial charge in [0, 0.05) is 38.3 Å². The van der Waals surface area contributed by atoms with Crippen molar-refractivity contribution < 1.29 is 22.3 Å². The number of morpholine rings is 1. The van der Waals surface area contributed by atoms with Crippen LogP contribution in [0.2, 0.25) is 0 Å². The minimum atomic E-state index is -4.02. The molecule has 174 valence electrons. The molecule has 1 unspecified atom stereocenters. The zero-order valence-corrected chi connectivity index (χ0v) is 19.3. The molecule has 1 aliphatic rings. The van der Waals surface area contributed by atoms with Crippen molar-refractivity contribution in [2.75, 3.05) is 45.9 Å². The van der Waals surface area contributed by atoms with Crippen LogP contribution in [-0.4, -0.2) is 69.5 Å². The lowest BCUT2D eigenvalue weighted by molar-refractivity contribution is 0.0162. The lowest BCUT2D eigenvalue weighted by atomic mass is 10.0. The predicted octanol–water partition coefficient (Wildman–Crippen LogP) is 2.66. The molecule has 1 N–H and O–H groups in total. The summed E-state index contributed by atoms with van der Waals surface area (Å²) in [7, 11) is -4.02. The zero-order chi connectivity index (χ0) is 23.1. The monoisotopic (exact) mass is 463 g/mol. The van der Waals surface area contributed by atoms with E-state index in [1.54, 1.807) is 13.8 Å². The van der Waals surface area contributed by atoms with Crippen molar-refractivity contribution in [1.29, 1.82) is 0 Å². The normalized spacial score (nSPS) is 16.1. The van der Waals surface area contributed by atoms with Gasteiger partial charge in [0.15, 0.2) is 0 Å². The molecule has 1 atom stereocenters. The van der Waals surface area contributed by atoms with Gasteiger partial charge in [0.25, 0.3) is 5.91 Å². The van der Waals surface area contributed by atoms with Gasteiger partial charge < -0.3 is 10.1 Å². The Hall–Kier alpha value is -2.33. The van der Waals surface area contributed by atoms with Gasteiger partial charge in [-0.2, -0.15) is 4.31 Å². The second-order valence-corrected chi connectivity index (χ2v) is 9.43. The van der Waals surface area contributed by atoms with Gasteiger partial charge in [-0.3, -0.25) is 9.69 Å². The van der Waals surface area contributed by atoms with Crippen LogP contribution in [-0.2, 0) is 14.8 Å². The van der Waals surface area contributed by atoms with E-state index in [0.29, 0.717) is 19.8 Å². The Balaban J connectivity index is 1.80. The highest BCUT2D eigenvalue weighted by molar-refractivity contribution is 7.89. The number of carbonyl (C=O) groups excluding carboxylic acids is 1. The molecule has 1 saturated heterocycles. The molecular formula is C23H30FN3O4S. The summed E-state index contributed by atoms with van der Waals surface area (Å²) in [4.78, 5) is 14.6. The van der Waals surface area contributed by atoms with Gasteiger partial charge in [0.2, 0.25) is 10.0 Å². The summed E-state index contributed by atoms with van der Waals surface area (Å²) in [6.45, 7) is 6.88. The molecule has 9 heteroatoms. The minimum Gasteiger partial charge on any atom is -0.379 e. The maximum atomic E-state index is 14.4. The number of halogens is 1. The molecule has 0 radical (unpaired) electrons. The van der Waals surface area contributed by atoms with Crippen LogP contribution in [0.5, 0.6) is 0 Å². The van der Waals surface area contributed by atoms with Gasteiger partial charge in [-0.05, 0) is 23.8 Å². The van der Waals surface area contributed by atoms with E-state index in [-0.39, 0.29) is 24.7 Å². The SMILES string of the molecule is CCN(CC)S(=O)(=O)c1cc(C(=O)NCC(c2ccccc2)N2CCOCC2)ccc1F. The van der Waals surface area contributed by atoms with E-state index in [1.807, 2.05) is 30.3 Å². The fourth-order valence-electron chi connectivity index (χ4n) is 3.86. The summed E-state index contributed by atoms with van der Waals surface area (Å²) in [6.07, 6.45) is 0. The van der Waals surface area contributed by atoms with E-state index in [9.17, 15) is 17.6 Å². The Morgan fingerprint density at radius 3 is 2.41 bits per heavy atom. The molecule has 0 saturated carbocycles. The summed E-state index contributed by atoms with van der Waals surface area (Å²) in [5, 5.41) is 2.90. The zero-order valence-electron chi connectivity index (χ0n) is 18.5. The molecule has 0 aromatic heterocycles. The standard InChI is InChI=1S/C23H30FN3O4S/c1-3-27(4-2)32(29,30)22-16-19(10-11-20(22)24)23(28)25-17-21(18-8-6-5-7-9-18)26-12-14-31-15-13-26/h5-11,16,21H,3-4,12-15,17H2,1-2H3,(H,25,28). The van der Waals surface area contributed by atoms with E-state index in [1.165, 1.54) is 6.07 Å². The Morgan fingerprint density at radius 1 is 1.12 bits per heavy atom. The van der Waals surface area contributed by atoms with Crippen LogP contribution in [0.15, 0.2) is 53.4 Å². The molecule has 32 heavy (non-hydrogen) atoms. The van der Waals surface area contributed by atoms with E-state index in [0.717, 1.165) is 35.1 Å². The van der Waals surface area contributed by atoms with Crippen molar-refractivity contribution in [1.82, 2.24) is 14.5 Å². The maximum Gasteiger partial charge on any atom is 0.251 e. The quantitative estimate of drug-likeness (QED) is 0.619. The molecule has 0 spiro atoms. The molecule has 0 aliphatic carbocycles. The fraction of sp³-hybridized carbons (Fsp3) is 0.435. The van der Waals surface area contributed by atoms with Crippen LogP contribution in [0.3, 0.4) is 0 Å². The van der Waals surface area contributed by atoms with Crippen LogP contribution in [0, 0.1) is 5.82 Å². The summed E-state index contributed by atoms with van der Waals surface area (Å²) in [5.41, 5.74) is 1.17. The number of hydrogen-bond donors (Lipinski definition) is 1. The molecule has 1 amide bonds. The van der Waals surface area contributed by atoms with Crippen LogP contribution < -0.4 is 5.32 Å². The van der Waals surface area contributed by atoms with Crippen LogP contribution in [0.1, 0.15) is 35.8 Å². The molecule has 2 aromatic rings. The topological polar surface area (TPSA) is 79.0 Å². The van der Waals surface area contributed by atoms with Crippen molar-refractivity contribution in [3.05, 3.63) is 65.5 Å². The van der Waals surface area contributed by atoms with Gasteiger partial charge in [-0.15, -0.1) is 0 Å². The third-order valence-corrected chi connectivity index (χ3v) is 7.71. The van der Waals surface area contributed by atoms with E-state index in [2.05, 4.69) is 10.2 Å². The average molecular weight is 464 g/mol. The Kier molecular flexibility index (Phi) is 8.36. The minimum absolute atomic E-state index is 0.0524. The van der Waals surface area contributed by atoms with Gasteiger partial charge in [-0.1, -0.05) is 44.2 Å². The Bertz CT molecular complexity index is 1010. The predicted molar refractivity (Wildman–Crippen MR) is 120 cm³/mol. The number of nitrogens with one attached hydrogen (secondary N) is 1. The summed E-state index contributed by atoms with van der Waals surface area (Å²) < 4.78 is 46.6. The Labute approximate surface area is 189 Å². The fourth-order valence-corrected chi connectivity index (χ4v) is 5.41. The lowest BCUT2D eigenvalue weighted by Crippen LogP contribution is -2.43. The number of ether oxygens (including phenoxy) is 1. The second kappa shape index (κ2) is 11.0. The number of amides is 1. The first-order valence-electron chi connectivity index (χ1n) is 10.8. The number of carbonyl (C=O) groups is 1. The van der Waals surface area contributed by atoms with E-state index >= 15 is 0 Å². The molecule has 7 nitrogen and oxygen atoms in total. The lowest BCUT2D eigenvalue weighted by Gasteiger charge is -2.35. The Morgan fingerprint density at radius 2 is 1.78 bits per heavy atom. The van der Waals surface area contributed by atoms with Gasteiger partial charge in [-0.25, -0.2) is 12.8 Å². The first-order valence-corrected chi connectivity index (χ1v) is 12.3. The number of benzene rings is 2. The largest absolute Gasteiger partial charge is 0.379 e. The van der Waals surface area contributed by atoms with Crippen LogP contribution >= 0.6 is 0 Å². The molecule has 2 aromatic carbocycles. The van der Waals surface area contributed by atoms with Gasteiger partial charge in [0.05, 0.1) is 19.3 Å². The highest BCUT2D eigenvalue weighted by Crippen LogP contribution is 2.23. The van der Waals surface area contributed by atoms with Crippen molar-refractivity contribution >= 4 is 15.9 Å². The highest BCUT2D eigenvalue weighted by atomic mass is 32.2. The van der Waals surface area contributed by atoms with Gasteiger partial charge in [0.1, 0.15) is 10.7 Å². The van der Waals surface area contributed by atoms with E-state index < -0.39 is 26.6 Å². The van der Waals surface area contributed by atoms with Crippen molar-refractivity contribution in [3.63, 3.8) is 0 Å². The van der Waals surface area contributed by atoms with Crippen molar-refractivity contribution in [2.24, 2.45) is 0 Å². The van der Waals surface area contributed by atoms with E-state index in [4.69, 9.17) is 4.74 Å².